The Morgan fingerprint density at radius 2 is 0.873 bits per heavy atom. The standard InChI is InChI=1S/C41H67F4NO15S2/c42-35-33-36(43)40(45)41(39(35)44)61-38(48)5-8-49-10-12-51-14-16-53-18-20-55-22-24-57-26-28-59-30-31-60-29-27-58-25-23-56-21-19-54-17-15-52-13-11-50-9-7-46-37(47)4-2-1-3-34-6-32-62-63-34/h33-34H,1-32H2,(H,46,47). The molecule has 366 valence electrons. The van der Waals surface area contributed by atoms with E-state index in [2.05, 4.69) is 10.1 Å². The SMILES string of the molecule is O=C(CCCCC1CCSS1)NCCOCCOCCOCCOCCOCCOCCOCCOCCOCCOCCOCCOCCC(=O)Oc1c(F)c(F)cc(F)c1F. The second kappa shape index (κ2) is 41.5. The smallest absolute Gasteiger partial charge is 0.313 e. The molecule has 1 aromatic carbocycles. The van der Waals surface area contributed by atoms with Crippen molar-refractivity contribution in [1.82, 2.24) is 5.32 Å². The molecule has 1 fully saturated rings. The number of ether oxygens (including phenoxy) is 13. The van der Waals surface area contributed by atoms with Gasteiger partial charge in [-0.25, -0.2) is 8.78 Å². The van der Waals surface area contributed by atoms with Gasteiger partial charge in [0.2, 0.25) is 23.3 Å². The molecular weight excluding hydrogens is 887 g/mol. The van der Waals surface area contributed by atoms with Crippen molar-refractivity contribution in [1.29, 1.82) is 0 Å². The van der Waals surface area contributed by atoms with Crippen LogP contribution < -0.4 is 10.1 Å². The molecule has 0 saturated carbocycles. The Kier molecular flexibility index (Phi) is 37.7. The maximum Gasteiger partial charge on any atom is 0.313 e. The lowest BCUT2D eigenvalue weighted by atomic mass is 10.1. The van der Waals surface area contributed by atoms with Crippen molar-refractivity contribution in [3.63, 3.8) is 0 Å². The van der Waals surface area contributed by atoms with Crippen LogP contribution in [0.25, 0.3) is 0 Å². The first-order valence-corrected chi connectivity index (χ1v) is 23.8. The average Bonchev–Trinajstić information content (AvgIpc) is 3.80. The molecule has 0 radical (unpaired) electrons. The summed E-state index contributed by atoms with van der Waals surface area (Å²) in [5, 5.41) is 3.67. The quantitative estimate of drug-likeness (QED) is 0.0241. The van der Waals surface area contributed by atoms with E-state index in [1.165, 1.54) is 18.6 Å². The highest BCUT2D eigenvalue weighted by molar-refractivity contribution is 8.77. The number of esters is 1. The van der Waals surface area contributed by atoms with Crippen LogP contribution in [0, 0.1) is 23.3 Å². The Labute approximate surface area is 376 Å². The number of hydrogen-bond acceptors (Lipinski definition) is 17. The van der Waals surface area contributed by atoms with Gasteiger partial charge in [0.05, 0.1) is 165 Å². The molecule has 1 atom stereocenters. The van der Waals surface area contributed by atoms with Gasteiger partial charge in [0.25, 0.3) is 0 Å². The zero-order valence-corrected chi connectivity index (χ0v) is 37.9. The average molecular weight is 954 g/mol. The van der Waals surface area contributed by atoms with Crippen molar-refractivity contribution in [2.75, 3.05) is 171 Å². The van der Waals surface area contributed by atoms with E-state index in [1.54, 1.807) is 0 Å². The first-order chi connectivity index (χ1) is 30.9. The van der Waals surface area contributed by atoms with Crippen molar-refractivity contribution in [3.8, 4) is 5.75 Å². The molecule has 1 heterocycles. The van der Waals surface area contributed by atoms with Gasteiger partial charge in [0.1, 0.15) is 0 Å². The molecule has 1 amide bonds. The molecule has 0 aromatic heterocycles. The van der Waals surface area contributed by atoms with Crippen LogP contribution in [-0.2, 0) is 66.4 Å². The molecule has 22 heteroatoms. The van der Waals surface area contributed by atoms with Gasteiger partial charge in [-0.3, -0.25) is 9.59 Å². The molecule has 0 spiro atoms. The number of hydrogen-bond donors (Lipinski definition) is 1. The molecule has 16 nitrogen and oxygen atoms in total. The van der Waals surface area contributed by atoms with Crippen LogP contribution >= 0.6 is 21.6 Å². The highest BCUT2D eigenvalue weighted by Gasteiger charge is 2.23. The molecule has 1 unspecified atom stereocenters. The first kappa shape index (κ1) is 57.2. The van der Waals surface area contributed by atoms with E-state index in [1.807, 2.05) is 21.6 Å². The summed E-state index contributed by atoms with van der Waals surface area (Å²) in [7, 11) is 3.95. The minimum atomic E-state index is -1.80. The lowest BCUT2D eigenvalue weighted by Crippen LogP contribution is -2.27. The number of rotatable bonds is 45. The molecular formula is C41H67F4NO15S2. The van der Waals surface area contributed by atoms with E-state index < -0.39 is 41.4 Å². The second-order valence-corrected chi connectivity index (χ2v) is 16.1. The number of carbonyl (C=O) groups excluding carboxylic acids is 2. The van der Waals surface area contributed by atoms with Gasteiger partial charge >= 0.3 is 5.97 Å². The van der Waals surface area contributed by atoms with Gasteiger partial charge in [-0.1, -0.05) is 28.0 Å². The summed E-state index contributed by atoms with van der Waals surface area (Å²) < 4.78 is 123. The first-order valence-electron chi connectivity index (χ1n) is 21.4. The van der Waals surface area contributed by atoms with E-state index in [0.717, 1.165) is 18.1 Å². The van der Waals surface area contributed by atoms with Crippen LogP contribution in [0.5, 0.6) is 5.75 Å². The van der Waals surface area contributed by atoms with Crippen LogP contribution in [0.1, 0.15) is 38.5 Å². The van der Waals surface area contributed by atoms with Crippen LogP contribution in [-0.4, -0.2) is 188 Å². The van der Waals surface area contributed by atoms with Gasteiger partial charge in [0, 0.05) is 30.0 Å². The predicted molar refractivity (Wildman–Crippen MR) is 226 cm³/mol. The lowest BCUT2D eigenvalue weighted by molar-refractivity contribution is -0.136. The fourth-order valence-electron chi connectivity index (χ4n) is 5.06. The Morgan fingerprint density at radius 1 is 0.508 bits per heavy atom. The van der Waals surface area contributed by atoms with Crippen molar-refractivity contribution < 1.29 is 88.7 Å². The normalized spacial score (nSPS) is 13.9. The van der Waals surface area contributed by atoms with Gasteiger partial charge in [-0.2, -0.15) is 8.78 Å². The zero-order valence-electron chi connectivity index (χ0n) is 36.2. The molecule has 0 aliphatic carbocycles. The minimum Gasteiger partial charge on any atom is -0.420 e. The summed E-state index contributed by atoms with van der Waals surface area (Å²) >= 11 is 0. The van der Waals surface area contributed by atoms with Gasteiger partial charge in [0.15, 0.2) is 11.6 Å². The van der Waals surface area contributed by atoms with Crippen molar-refractivity contribution in [2.24, 2.45) is 0 Å². The maximum atomic E-state index is 13.6. The summed E-state index contributed by atoms with van der Waals surface area (Å²) in [6.07, 6.45) is 4.75. The summed E-state index contributed by atoms with van der Waals surface area (Å²) in [4.78, 5) is 23.6. The Bertz CT molecular complexity index is 1250. The van der Waals surface area contributed by atoms with E-state index in [9.17, 15) is 27.2 Å². The van der Waals surface area contributed by atoms with E-state index in [4.69, 9.17) is 56.8 Å². The maximum absolute atomic E-state index is 13.6. The number of unbranched alkanes of at least 4 members (excludes halogenated alkanes) is 1. The van der Waals surface area contributed by atoms with Crippen LogP contribution in [0.15, 0.2) is 6.07 Å². The molecule has 1 aliphatic rings. The second-order valence-electron chi connectivity index (χ2n) is 13.3. The number of nitrogens with one attached hydrogen (secondary N) is 1. The molecule has 1 N–H and O–H groups in total. The van der Waals surface area contributed by atoms with Crippen molar-refractivity contribution in [3.05, 3.63) is 29.3 Å². The molecule has 1 aliphatic heterocycles. The highest BCUT2D eigenvalue weighted by Crippen LogP contribution is 2.39. The third kappa shape index (κ3) is 33.3. The van der Waals surface area contributed by atoms with Crippen molar-refractivity contribution in [2.45, 2.75) is 43.8 Å². The zero-order chi connectivity index (χ0) is 45.3. The number of carbonyl (C=O) groups is 2. The fourth-order valence-corrected chi connectivity index (χ4v) is 8.08. The lowest BCUT2D eigenvalue weighted by Gasteiger charge is -2.09. The fraction of sp³-hybridized carbons (Fsp3) is 0.805. The van der Waals surface area contributed by atoms with Crippen LogP contribution in [0.3, 0.4) is 0 Å². The summed E-state index contributed by atoms with van der Waals surface area (Å²) in [6, 6.07) is 0.0178. The number of amides is 1. The Morgan fingerprint density at radius 3 is 1.24 bits per heavy atom. The molecule has 2 rings (SSSR count). The number of halogens is 4. The Hall–Kier alpha value is -1.90. The summed E-state index contributed by atoms with van der Waals surface area (Å²) in [5.41, 5.74) is 0. The third-order valence-corrected chi connectivity index (χ3v) is 11.3. The summed E-state index contributed by atoms with van der Waals surface area (Å²) in [6.45, 7) is 9.83. The third-order valence-electron chi connectivity index (χ3n) is 8.31. The minimum absolute atomic E-state index is 0.0178. The molecule has 1 aromatic rings. The molecule has 1 saturated heterocycles. The van der Waals surface area contributed by atoms with Crippen molar-refractivity contribution >= 4 is 33.5 Å². The van der Waals surface area contributed by atoms with E-state index >= 15 is 0 Å². The largest absolute Gasteiger partial charge is 0.420 e. The van der Waals surface area contributed by atoms with Gasteiger partial charge in [-0.15, -0.1) is 0 Å². The molecule has 63 heavy (non-hydrogen) atoms. The Balaban J connectivity index is 1.15. The monoisotopic (exact) mass is 953 g/mol. The van der Waals surface area contributed by atoms with Crippen LogP contribution in [0.2, 0.25) is 0 Å². The topological polar surface area (TPSA) is 166 Å². The van der Waals surface area contributed by atoms with E-state index in [0.29, 0.717) is 152 Å². The van der Waals surface area contributed by atoms with Crippen LogP contribution in [0.4, 0.5) is 17.6 Å². The summed E-state index contributed by atoms with van der Waals surface area (Å²) in [5.74, 6) is -8.15. The molecule has 0 bridgehead atoms. The number of benzene rings is 1. The van der Waals surface area contributed by atoms with Gasteiger partial charge < -0.3 is 66.9 Å². The predicted octanol–water partition coefficient (Wildman–Crippen LogP) is 4.57. The van der Waals surface area contributed by atoms with E-state index in [-0.39, 0.29) is 31.8 Å². The van der Waals surface area contributed by atoms with Gasteiger partial charge in [-0.05, 0) is 19.3 Å². The highest BCUT2D eigenvalue weighted by atomic mass is 33.1.